The molecule has 25 heavy (non-hydrogen) atoms. The van der Waals surface area contributed by atoms with Gasteiger partial charge in [0.05, 0.1) is 18.3 Å². The van der Waals surface area contributed by atoms with Crippen molar-refractivity contribution >= 4 is 0 Å². The lowest BCUT2D eigenvalue weighted by Gasteiger charge is -2.17. The molecule has 0 bridgehead atoms. The fourth-order valence-corrected chi connectivity index (χ4v) is 2.49. The molecule has 2 aromatic carbocycles. The molecule has 7 heteroatoms. The van der Waals surface area contributed by atoms with Gasteiger partial charge < -0.3 is 10.4 Å². The van der Waals surface area contributed by atoms with Gasteiger partial charge in [0.25, 0.3) is 0 Å². The van der Waals surface area contributed by atoms with Crippen LogP contribution in [0.2, 0.25) is 0 Å². The lowest BCUT2D eigenvalue weighted by Crippen LogP contribution is -2.24. The summed E-state index contributed by atoms with van der Waals surface area (Å²) in [6, 6.07) is 10.4. The zero-order chi connectivity index (χ0) is 17.8. The van der Waals surface area contributed by atoms with Crippen molar-refractivity contribution in [3.8, 4) is 5.69 Å². The second-order valence-corrected chi connectivity index (χ2v) is 5.53. The van der Waals surface area contributed by atoms with Crippen molar-refractivity contribution in [2.45, 2.75) is 12.6 Å². The van der Waals surface area contributed by atoms with Crippen molar-refractivity contribution in [2.75, 3.05) is 6.61 Å². The number of rotatable bonds is 6. The van der Waals surface area contributed by atoms with E-state index in [4.69, 9.17) is 0 Å². The molecular weight excluding hydrogens is 331 g/mol. The van der Waals surface area contributed by atoms with Crippen LogP contribution in [0, 0.1) is 17.5 Å². The van der Waals surface area contributed by atoms with Gasteiger partial charge in [0.2, 0.25) is 0 Å². The molecule has 4 nitrogen and oxygen atoms in total. The van der Waals surface area contributed by atoms with Crippen molar-refractivity contribution in [3.63, 3.8) is 0 Å². The fourth-order valence-electron chi connectivity index (χ4n) is 2.49. The molecule has 2 N–H and O–H groups in total. The Morgan fingerprint density at radius 3 is 2.32 bits per heavy atom. The Labute approximate surface area is 142 Å². The van der Waals surface area contributed by atoms with Gasteiger partial charge in [0.1, 0.15) is 0 Å². The Balaban J connectivity index is 1.69. The van der Waals surface area contributed by atoms with Crippen LogP contribution in [0.1, 0.15) is 17.2 Å². The third-order valence-corrected chi connectivity index (χ3v) is 3.85. The number of hydrogen-bond donors (Lipinski definition) is 2. The molecule has 0 aliphatic rings. The molecule has 0 aliphatic heterocycles. The molecule has 3 rings (SSSR count). The number of nitrogens with one attached hydrogen (secondary N) is 1. The van der Waals surface area contributed by atoms with Crippen LogP contribution < -0.4 is 5.32 Å². The maximum atomic E-state index is 13.3. The zero-order valence-electron chi connectivity index (χ0n) is 13.2. The first-order valence-electron chi connectivity index (χ1n) is 7.66. The summed E-state index contributed by atoms with van der Waals surface area (Å²) in [6.07, 6.45) is 3.51. The van der Waals surface area contributed by atoms with Gasteiger partial charge in [0.15, 0.2) is 17.5 Å². The molecule has 3 aromatic rings. The fraction of sp³-hybridized carbons (Fsp3) is 0.167. The SMILES string of the molecule is OCC(NCc1ccc(-n2cccn2)cc1)c1cc(F)c(F)c(F)c1. The van der Waals surface area contributed by atoms with E-state index in [1.54, 1.807) is 10.9 Å². The maximum absolute atomic E-state index is 13.3. The number of aliphatic hydroxyl groups is 1. The van der Waals surface area contributed by atoms with Gasteiger partial charge in [-0.3, -0.25) is 0 Å². The van der Waals surface area contributed by atoms with Gasteiger partial charge in [0, 0.05) is 18.9 Å². The van der Waals surface area contributed by atoms with E-state index in [1.165, 1.54) is 0 Å². The first-order valence-corrected chi connectivity index (χ1v) is 7.66. The summed E-state index contributed by atoms with van der Waals surface area (Å²) in [4.78, 5) is 0. The van der Waals surface area contributed by atoms with Gasteiger partial charge in [-0.2, -0.15) is 5.10 Å². The molecule has 0 saturated carbocycles. The van der Waals surface area contributed by atoms with Crippen LogP contribution in [0.5, 0.6) is 0 Å². The Morgan fingerprint density at radius 2 is 1.76 bits per heavy atom. The van der Waals surface area contributed by atoms with E-state index in [0.29, 0.717) is 6.54 Å². The topological polar surface area (TPSA) is 50.1 Å². The standard InChI is InChI=1S/C18H16F3N3O/c19-15-8-13(9-16(20)18(15)21)17(11-25)22-10-12-2-4-14(5-3-12)24-7-1-6-23-24/h1-9,17,22,25H,10-11H2. The van der Waals surface area contributed by atoms with Crippen LogP contribution >= 0.6 is 0 Å². The van der Waals surface area contributed by atoms with Crippen LogP contribution in [-0.4, -0.2) is 21.5 Å². The first-order chi connectivity index (χ1) is 12.1. The molecule has 1 unspecified atom stereocenters. The molecule has 0 fully saturated rings. The van der Waals surface area contributed by atoms with Crippen LogP contribution in [0.3, 0.4) is 0 Å². The molecule has 0 amide bonds. The monoisotopic (exact) mass is 347 g/mol. The second kappa shape index (κ2) is 7.50. The summed E-state index contributed by atoms with van der Waals surface area (Å²) in [6.45, 7) is -0.0128. The molecule has 0 saturated heterocycles. The van der Waals surface area contributed by atoms with Gasteiger partial charge in [-0.05, 0) is 41.5 Å². The van der Waals surface area contributed by atoms with E-state index >= 15 is 0 Å². The molecule has 130 valence electrons. The predicted octanol–water partition coefficient (Wildman–Crippen LogP) is 3.11. The Hall–Kier alpha value is -2.64. The van der Waals surface area contributed by atoms with E-state index in [2.05, 4.69) is 10.4 Å². The number of aliphatic hydroxyl groups excluding tert-OH is 1. The maximum Gasteiger partial charge on any atom is 0.194 e. The van der Waals surface area contributed by atoms with Gasteiger partial charge in [-0.15, -0.1) is 0 Å². The Kier molecular flexibility index (Phi) is 5.16. The second-order valence-electron chi connectivity index (χ2n) is 5.53. The molecule has 0 spiro atoms. The molecule has 1 heterocycles. The summed E-state index contributed by atoms with van der Waals surface area (Å²) in [5, 5.41) is 16.6. The number of aromatic nitrogens is 2. The van der Waals surface area contributed by atoms with Crippen molar-refractivity contribution in [1.29, 1.82) is 0 Å². The van der Waals surface area contributed by atoms with E-state index in [0.717, 1.165) is 23.4 Å². The Bertz CT molecular complexity index is 812. The third-order valence-electron chi connectivity index (χ3n) is 3.85. The number of hydrogen-bond acceptors (Lipinski definition) is 3. The van der Waals surface area contributed by atoms with E-state index < -0.39 is 23.5 Å². The van der Waals surface area contributed by atoms with Gasteiger partial charge in [-0.1, -0.05) is 12.1 Å². The lowest BCUT2D eigenvalue weighted by molar-refractivity contribution is 0.242. The highest BCUT2D eigenvalue weighted by molar-refractivity contribution is 5.34. The molecule has 1 atom stereocenters. The van der Waals surface area contributed by atoms with Crippen molar-refractivity contribution in [2.24, 2.45) is 0 Å². The third kappa shape index (κ3) is 3.89. The highest BCUT2D eigenvalue weighted by Crippen LogP contribution is 2.20. The number of benzene rings is 2. The summed E-state index contributed by atoms with van der Waals surface area (Å²) >= 11 is 0. The van der Waals surface area contributed by atoms with E-state index in [1.807, 2.05) is 36.5 Å². The highest BCUT2D eigenvalue weighted by atomic mass is 19.2. The predicted molar refractivity (Wildman–Crippen MR) is 86.5 cm³/mol. The minimum atomic E-state index is -1.52. The summed E-state index contributed by atoms with van der Waals surface area (Å²) in [5.74, 6) is -4.08. The van der Waals surface area contributed by atoms with Crippen LogP contribution in [0.25, 0.3) is 5.69 Å². The van der Waals surface area contributed by atoms with Crippen molar-refractivity contribution in [3.05, 3.63) is 83.4 Å². The lowest BCUT2D eigenvalue weighted by atomic mass is 10.1. The highest BCUT2D eigenvalue weighted by Gasteiger charge is 2.16. The average molecular weight is 347 g/mol. The zero-order valence-corrected chi connectivity index (χ0v) is 13.2. The van der Waals surface area contributed by atoms with Crippen LogP contribution in [0.15, 0.2) is 54.9 Å². The number of nitrogens with zero attached hydrogens (tertiary/aromatic N) is 2. The minimum absolute atomic E-state index is 0.145. The largest absolute Gasteiger partial charge is 0.394 e. The first kappa shape index (κ1) is 17.2. The van der Waals surface area contributed by atoms with Crippen LogP contribution in [-0.2, 0) is 6.54 Å². The van der Waals surface area contributed by atoms with Gasteiger partial charge >= 0.3 is 0 Å². The van der Waals surface area contributed by atoms with Gasteiger partial charge in [-0.25, -0.2) is 17.9 Å². The summed E-state index contributed by atoms with van der Waals surface area (Å²) < 4.78 is 41.5. The normalized spacial score (nSPS) is 12.3. The van der Waals surface area contributed by atoms with E-state index in [-0.39, 0.29) is 12.2 Å². The van der Waals surface area contributed by atoms with Crippen molar-refractivity contribution in [1.82, 2.24) is 15.1 Å². The van der Waals surface area contributed by atoms with E-state index in [9.17, 15) is 18.3 Å². The molecule has 0 radical (unpaired) electrons. The van der Waals surface area contributed by atoms with Crippen LogP contribution in [0.4, 0.5) is 13.2 Å². The summed E-state index contributed by atoms with van der Waals surface area (Å²) in [5.41, 5.74) is 1.96. The minimum Gasteiger partial charge on any atom is -0.394 e. The smallest absolute Gasteiger partial charge is 0.194 e. The Morgan fingerprint density at radius 1 is 1.08 bits per heavy atom. The average Bonchev–Trinajstić information content (AvgIpc) is 3.15. The van der Waals surface area contributed by atoms with Crippen molar-refractivity contribution < 1.29 is 18.3 Å². The molecule has 0 aliphatic carbocycles. The molecular formula is C18H16F3N3O. The number of halogens is 3. The summed E-state index contributed by atoms with van der Waals surface area (Å²) in [7, 11) is 0. The molecule has 1 aromatic heterocycles. The quantitative estimate of drug-likeness (QED) is 0.674.